The second-order valence-electron chi connectivity index (χ2n) is 4.41. The van der Waals surface area contributed by atoms with Crippen LogP contribution in [0.3, 0.4) is 0 Å². The molecule has 0 aliphatic heterocycles. The van der Waals surface area contributed by atoms with Crippen LogP contribution in [0.2, 0.25) is 0 Å². The molecule has 2 rings (SSSR count). The minimum absolute atomic E-state index is 0.480. The summed E-state index contributed by atoms with van der Waals surface area (Å²) in [5.74, 6) is 0. The molecule has 0 bridgehead atoms. The zero-order chi connectivity index (χ0) is 13.5. The predicted octanol–water partition coefficient (Wildman–Crippen LogP) is 3.99. The molecule has 0 saturated carbocycles. The van der Waals surface area contributed by atoms with Crippen LogP contribution in [0.1, 0.15) is 29.2 Å². The van der Waals surface area contributed by atoms with E-state index in [4.69, 9.17) is 4.84 Å². The van der Waals surface area contributed by atoms with Crippen LogP contribution < -0.4 is 0 Å². The Morgan fingerprint density at radius 1 is 1.00 bits per heavy atom. The van der Waals surface area contributed by atoms with Gasteiger partial charge in [0.05, 0.1) is 0 Å². The van der Waals surface area contributed by atoms with Crippen molar-refractivity contribution in [2.75, 3.05) is 0 Å². The first kappa shape index (κ1) is 13.3. The Morgan fingerprint density at radius 3 is 2.42 bits per heavy atom. The standard InChI is InChI=1S/C17H18NO/c1-3-15-9-6-7-10-16(15)12-18-19-13-17-11-5-4-8-14(17)2/h4-11H,3,13H2,1-2H3. The van der Waals surface area contributed by atoms with Crippen LogP contribution >= 0.6 is 0 Å². The van der Waals surface area contributed by atoms with Gasteiger partial charge >= 0.3 is 0 Å². The Labute approximate surface area is 114 Å². The summed E-state index contributed by atoms with van der Waals surface area (Å²) in [5.41, 5.74) is 4.59. The number of nitrogens with zero attached hydrogens (tertiary/aromatic N) is 1. The molecule has 0 fully saturated rings. The number of rotatable bonds is 5. The molecule has 0 aliphatic carbocycles. The lowest BCUT2D eigenvalue weighted by atomic mass is 10.1. The van der Waals surface area contributed by atoms with Crippen molar-refractivity contribution in [3.05, 3.63) is 70.8 Å². The Balaban J connectivity index is 1.96. The van der Waals surface area contributed by atoms with Crippen molar-refractivity contribution in [1.82, 2.24) is 0 Å². The molecular formula is C17H18NO. The summed E-state index contributed by atoms with van der Waals surface area (Å²) in [7, 11) is 0. The predicted molar refractivity (Wildman–Crippen MR) is 78.3 cm³/mol. The molecule has 0 heterocycles. The molecule has 0 unspecified atom stereocenters. The fourth-order valence-electron chi connectivity index (χ4n) is 1.89. The van der Waals surface area contributed by atoms with Gasteiger partial charge in [-0.1, -0.05) is 60.6 Å². The molecule has 0 N–H and O–H groups in total. The van der Waals surface area contributed by atoms with Gasteiger partial charge < -0.3 is 4.84 Å². The van der Waals surface area contributed by atoms with Crippen LogP contribution in [0, 0.1) is 6.92 Å². The maximum atomic E-state index is 5.32. The maximum Gasteiger partial charge on any atom is 0.142 e. The lowest BCUT2D eigenvalue weighted by Crippen LogP contribution is -1.93. The zero-order valence-corrected chi connectivity index (χ0v) is 11.4. The first-order valence-corrected chi connectivity index (χ1v) is 6.51. The van der Waals surface area contributed by atoms with E-state index in [-0.39, 0.29) is 0 Å². The topological polar surface area (TPSA) is 21.6 Å². The van der Waals surface area contributed by atoms with Gasteiger partial charge in [-0.15, -0.1) is 0 Å². The summed E-state index contributed by atoms with van der Waals surface area (Å²) >= 11 is 0. The maximum absolute atomic E-state index is 5.32. The molecule has 19 heavy (non-hydrogen) atoms. The normalized spacial score (nSPS) is 10.8. The van der Waals surface area contributed by atoms with E-state index in [9.17, 15) is 0 Å². The van der Waals surface area contributed by atoms with Crippen molar-refractivity contribution in [3.63, 3.8) is 0 Å². The van der Waals surface area contributed by atoms with Crippen molar-refractivity contribution in [2.45, 2.75) is 26.9 Å². The molecule has 0 amide bonds. The minimum Gasteiger partial charge on any atom is -0.390 e. The van der Waals surface area contributed by atoms with E-state index >= 15 is 0 Å². The highest BCUT2D eigenvalue weighted by atomic mass is 16.6. The summed E-state index contributed by atoms with van der Waals surface area (Å²) in [6, 6.07) is 16.2. The quantitative estimate of drug-likeness (QED) is 0.582. The average Bonchev–Trinajstić information content (AvgIpc) is 2.45. The van der Waals surface area contributed by atoms with Gasteiger partial charge in [0.25, 0.3) is 0 Å². The second kappa shape index (κ2) is 6.74. The minimum atomic E-state index is 0.480. The number of aryl methyl sites for hydroxylation is 2. The Bertz CT molecular complexity index is 561. The molecule has 2 heteroatoms. The first-order chi connectivity index (χ1) is 9.31. The van der Waals surface area contributed by atoms with Crippen molar-refractivity contribution in [3.8, 4) is 0 Å². The summed E-state index contributed by atoms with van der Waals surface area (Å²) in [6.07, 6.45) is 3.93. The van der Waals surface area contributed by atoms with Crippen molar-refractivity contribution < 1.29 is 4.84 Å². The van der Waals surface area contributed by atoms with Gasteiger partial charge in [-0.05, 0) is 30.0 Å². The summed E-state index contributed by atoms with van der Waals surface area (Å²) in [6.45, 7) is 4.67. The number of benzene rings is 2. The molecule has 2 nitrogen and oxygen atoms in total. The highest BCUT2D eigenvalue weighted by Gasteiger charge is 1.98. The zero-order valence-electron chi connectivity index (χ0n) is 11.4. The lowest BCUT2D eigenvalue weighted by Gasteiger charge is -2.04. The van der Waals surface area contributed by atoms with Crippen LogP contribution in [-0.2, 0) is 17.9 Å². The summed E-state index contributed by atoms with van der Waals surface area (Å²) in [4.78, 5) is 5.32. The van der Waals surface area contributed by atoms with E-state index in [0.29, 0.717) is 6.61 Å². The van der Waals surface area contributed by atoms with Crippen molar-refractivity contribution in [2.24, 2.45) is 5.16 Å². The SMILES string of the molecule is CCc1ccccc1/[C]=N\OCc1ccccc1C. The van der Waals surface area contributed by atoms with Crippen LogP contribution in [0.25, 0.3) is 0 Å². The van der Waals surface area contributed by atoms with E-state index in [1.165, 1.54) is 11.1 Å². The number of hydrogen-bond donors (Lipinski definition) is 0. The first-order valence-electron chi connectivity index (χ1n) is 6.51. The summed E-state index contributed by atoms with van der Waals surface area (Å²) in [5, 5.41) is 3.94. The molecular weight excluding hydrogens is 234 g/mol. The second-order valence-corrected chi connectivity index (χ2v) is 4.41. The molecule has 2 aromatic carbocycles. The molecule has 0 atom stereocenters. The third-order valence-corrected chi connectivity index (χ3v) is 3.11. The van der Waals surface area contributed by atoms with E-state index in [1.54, 1.807) is 0 Å². The van der Waals surface area contributed by atoms with E-state index in [2.05, 4.69) is 37.4 Å². The van der Waals surface area contributed by atoms with E-state index < -0.39 is 0 Å². The summed E-state index contributed by atoms with van der Waals surface area (Å²) < 4.78 is 0. The van der Waals surface area contributed by atoms with Gasteiger partial charge in [-0.25, -0.2) is 0 Å². The average molecular weight is 252 g/mol. The third-order valence-electron chi connectivity index (χ3n) is 3.11. The fraction of sp³-hybridized carbons (Fsp3) is 0.235. The molecule has 0 saturated heterocycles. The van der Waals surface area contributed by atoms with E-state index in [1.807, 2.05) is 36.4 Å². The third kappa shape index (κ3) is 3.68. The van der Waals surface area contributed by atoms with Crippen LogP contribution in [0.4, 0.5) is 0 Å². The van der Waals surface area contributed by atoms with E-state index in [0.717, 1.165) is 17.5 Å². The molecule has 2 aromatic rings. The monoisotopic (exact) mass is 252 g/mol. The van der Waals surface area contributed by atoms with Crippen molar-refractivity contribution in [1.29, 1.82) is 0 Å². The molecule has 0 aliphatic rings. The Kier molecular flexibility index (Phi) is 4.73. The van der Waals surface area contributed by atoms with Gasteiger partial charge in [0.1, 0.15) is 12.8 Å². The molecule has 0 aromatic heterocycles. The fourth-order valence-corrected chi connectivity index (χ4v) is 1.89. The Hall–Kier alpha value is -2.09. The van der Waals surface area contributed by atoms with Gasteiger partial charge in [0.15, 0.2) is 0 Å². The van der Waals surface area contributed by atoms with Crippen molar-refractivity contribution >= 4 is 6.21 Å². The van der Waals surface area contributed by atoms with Gasteiger partial charge in [-0.2, -0.15) is 0 Å². The molecule has 0 spiro atoms. The smallest absolute Gasteiger partial charge is 0.142 e. The van der Waals surface area contributed by atoms with Gasteiger partial charge in [0, 0.05) is 5.56 Å². The molecule has 1 radical (unpaired) electrons. The van der Waals surface area contributed by atoms with Crippen LogP contribution in [0.5, 0.6) is 0 Å². The largest absolute Gasteiger partial charge is 0.390 e. The highest BCUT2D eigenvalue weighted by molar-refractivity contribution is 5.81. The number of hydrogen-bond acceptors (Lipinski definition) is 2. The van der Waals surface area contributed by atoms with Gasteiger partial charge in [0.2, 0.25) is 0 Å². The Morgan fingerprint density at radius 2 is 1.68 bits per heavy atom. The van der Waals surface area contributed by atoms with Crippen LogP contribution in [0.15, 0.2) is 53.7 Å². The highest BCUT2D eigenvalue weighted by Crippen LogP contribution is 2.09. The lowest BCUT2D eigenvalue weighted by molar-refractivity contribution is 0.131. The van der Waals surface area contributed by atoms with Crippen LogP contribution in [-0.4, -0.2) is 6.21 Å². The molecule has 97 valence electrons. The van der Waals surface area contributed by atoms with Gasteiger partial charge in [-0.3, -0.25) is 0 Å².